The van der Waals surface area contributed by atoms with Crippen LogP contribution in [0.25, 0.3) is 0 Å². The number of hydrogen-bond donors (Lipinski definition) is 1. The van der Waals surface area contributed by atoms with Gasteiger partial charge < -0.3 is 10.5 Å². The predicted octanol–water partition coefficient (Wildman–Crippen LogP) is 1.49. The van der Waals surface area contributed by atoms with E-state index < -0.39 is 0 Å². The van der Waals surface area contributed by atoms with Gasteiger partial charge in [-0.1, -0.05) is 19.1 Å². The number of aromatic nitrogens is 3. The van der Waals surface area contributed by atoms with E-state index in [1.807, 2.05) is 37.3 Å². The molecule has 0 radical (unpaired) electrons. The molecule has 0 spiro atoms. The van der Waals surface area contributed by atoms with E-state index in [1.54, 1.807) is 18.1 Å². The number of hydrogen-bond acceptors (Lipinski definition) is 5. The van der Waals surface area contributed by atoms with Crippen molar-refractivity contribution in [2.24, 2.45) is 5.73 Å². The second kappa shape index (κ2) is 6.17. The molecule has 1 heterocycles. The van der Waals surface area contributed by atoms with Crippen LogP contribution in [0.3, 0.4) is 0 Å². The van der Waals surface area contributed by atoms with Crippen molar-refractivity contribution >= 4 is 0 Å². The monoisotopic (exact) mass is 271 g/mol. The van der Waals surface area contributed by atoms with Gasteiger partial charge in [-0.25, -0.2) is 9.67 Å². The van der Waals surface area contributed by atoms with E-state index in [9.17, 15) is 0 Å². The van der Waals surface area contributed by atoms with Crippen molar-refractivity contribution in [3.05, 3.63) is 42.0 Å². The lowest BCUT2D eigenvalue weighted by molar-refractivity contribution is 0.409. The molecule has 104 valence electrons. The van der Waals surface area contributed by atoms with Crippen LogP contribution < -0.4 is 10.5 Å². The summed E-state index contributed by atoms with van der Waals surface area (Å²) in [7, 11) is 1.63. The van der Waals surface area contributed by atoms with Crippen LogP contribution in [0.5, 0.6) is 5.75 Å². The van der Waals surface area contributed by atoms with Crippen molar-refractivity contribution < 1.29 is 4.74 Å². The minimum absolute atomic E-state index is 0.114. The maximum atomic E-state index is 8.83. The van der Waals surface area contributed by atoms with Gasteiger partial charge in [0.15, 0.2) is 0 Å². The Morgan fingerprint density at radius 3 is 2.60 bits per heavy atom. The van der Waals surface area contributed by atoms with Gasteiger partial charge >= 0.3 is 0 Å². The van der Waals surface area contributed by atoms with Crippen LogP contribution >= 0.6 is 0 Å². The van der Waals surface area contributed by atoms with Crippen LogP contribution in [0.1, 0.15) is 30.8 Å². The fourth-order valence-electron chi connectivity index (χ4n) is 2.08. The fourth-order valence-corrected chi connectivity index (χ4v) is 2.08. The first-order valence-corrected chi connectivity index (χ1v) is 6.40. The second-order valence-electron chi connectivity index (χ2n) is 4.45. The second-order valence-corrected chi connectivity index (χ2v) is 4.45. The topological polar surface area (TPSA) is 89.8 Å². The van der Waals surface area contributed by atoms with E-state index in [0.717, 1.165) is 17.7 Å². The molecule has 0 fully saturated rings. The molecule has 1 aromatic carbocycles. The average Bonchev–Trinajstić information content (AvgIpc) is 2.96. The Kier molecular flexibility index (Phi) is 4.33. The van der Waals surface area contributed by atoms with Crippen molar-refractivity contribution in [1.29, 1.82) is 5.26 Å². The average molecular weight is 271 g/mol. The molecule has 0 aliphatic rings. The standard InChI is InChI=1S/C14H17N5O/c1-3-12(16)14(19-9-17-13(8-15)18-19)10-4-6-11(20-2)7-5-10/h4-7,9,12,14H,3,16H2,1-2H3. The summed E-state index contributed by atoms with van der Waals surface area (Å²) in [6, 6.07) is 9.32. The lowest BCUT2D eigenvalue weighted by Gasteiger charge is -2.23. The number of nitrogens with two attached hydrogens (primary N) is 1. The van der Waals surface area contributed by atoms with Gasteiger partial charge in [-0.15, -0.1) is 5.10 Å². The van der Waals surface area contributed by atoms with E-state index in [-0.39, 0.29) is 17.9 Å². The molecular formula is C14H17N5O. The molecule has 6 heteroatoms. The maximum absolute atomic E-state index is 8.83. The summed E-state index contributed by atoms with van der Waals surface area (Å²) >= 11 is 0. The first-order chi connectivity index (χ1) is 9.69. The zero-order valence-electron chi connectivity index (χ0n) is 11.5. The Morgan fingerprint density at radius 1 is 1.40 bits per heavy atom. The normalized spacial score (nSPS) is 13.5. The highest BCUT2D eigenvalue weighted by molar-refractivity contribution is 5.30. The molecule has 2 N–H and O–H groups in total. The summed E-state index contributed by atoms with van der Waals surface area (Å²) < 4.78 is 6.80. The molecule has 0 aliphatic carbocycles. The summed E-state index contributed by atoms with van der Waals surface area (Å²) in [6.45, 7) is 2.02. The first-order valence-electron chi connectivity index (χ1n) is 6.40. The SMILES string of the molecule is CCC(N)C(c1ccc(OC)cc1)n1cnc(C#N)n1. The van der Waals surface area contributed by atoms with Gasteiger partial charge in [0.05, 0.1) is 13.2 Å². The molecule has 0 saturated heterocycles. The number of benzene rings is 1. The maximum Gasteiger partial charge on any atom is 0.252 e. The summed E-state index contributed by atoms with van der Waals surface area (Å²) in [4.78, 5) is 3.94. The molecule has 20 heavy (non-hydrogen) atoms. The third-order valence-corrected chi connectivity index (χ3v) is 3.23. The molecule has 2 rings (SSSR count). The Balaban J connectivity index is 2.38. The largest absolute Gasteiger partial charge is 0.497 e. The molecule has 0 bridgehead atoms. The van der Waals surface area contributed by atoms with E-state index in [1.165, 1.54) is 0 Å². The zero-order chi connectivity index (χ0) is 14.5. The van der Waals surface area contributed by atoms with Gasteiger partial charge in [0, 0.05) is 6.04 Å². The van der Waals surface area contributed by atoms with E-state index in [0.29, 0.717) is 0 Å². The van der Waals surface area contributed by atoms with Crippen LogP contribution in [0.15, 0.2) is 30.6 Å². The number of nitriles is 1. The van der Waals surface area contributed by atoms with E-state index in [2.05, 4.69) is 10.1 Å². The van der Waals surface area contributed by atoms with E-state index >= 15 is 0 Å². The van der Waals surface area contributed by atoms with Crippen molar-refractivity contribution in [2.75, 3.05) is 7.11 Å². The molecule has 2 aromatic rings. The quantitative estimate of drug-likeness (QED) is 0.889. The summed E-state index contributed by atoms with van der Waals surface area (Å²) in [5.74, 6) is 0.931. The number of nitrogens with zero attached hydrogens (tertiary/aromatic N) is 4. The van der Waals surface area contributed by atoms with Crippen LogP contribution in [0, 0.1) is 11.3 Å². The van der Waals surface area contributed by atoms with Gasteiger partial charge in [0.25, 0.3) is 5.82 Å². The minimum Gasteiger partial charge on any atom is -0.497 e. The molecular weight excluding hydrogens is 254 g/mol. The van der Waals surface area contributed by atoms with Crippen LogP contribution in [0.4, 0.5) is 0 Å². The van der Waals surface area contributed by atoms with Gasteiger partial charge in [-0.2, -0.15) is 5.26 Å². The Morgan fingerprint density at radius 2 is 2.10 bits per heavy atom. The first kappa shape index (κ1) is 14.0. The molecule has 2 atom stereocenters. The fraction of sp³-hybridized carbons (Fsp3) is 0.357. The summed E-state index contributed by atoms with van der Waals surface area (Å²) in [5, 5.41) is 13.0. The molecule has 0 aliphatic heterocycles. The van der Waals surface area contributed by atoms with Crippen molar-refractivity contribution in [3.8, 4) is 11.8 Å². The number of ether oxygens (including phenoxy) is 1. The van der Waals surface area contributed by atoms with Gasteiger partial charge in [-0.3, -0.25) is 0 Å². The highest BCUT2D eigenvalue weighted by Gasteiger charge is 2.22. The van der Waals surface area contributed by atoms with Crippen LogP contribution in [-0.2, 0) is 0 Å². The third kappa shape index (κ3) is 2.78. The van der Waals surface area contributed by atoms with Gasteiger partial charge in [-0.05, 0) is 24.1 Å². The van der Waals surface area contributed by atoms with Crippen LogP contribution in [-0.4, -0.2) is 27.9 Å². The van der Waals surface area contributed by atoms with Gasteiger partial charge in [0.2, 0.25) is 0 Å². The van der Waals surface area contributed by atoms with Crippen molar-refractivity contribution in [2.45, 2.75) is 25.4 Å². The minimum atomic E-state index is -0.152. The Labute approximate surface area is 117 Å². The Bertz CT molecular complexity index is 599. The lowest BCUT2D eigenvalue weighted by Crippen LogP contribution is -2.32. The Hall–Kier alpha value is -2.39. The lowest BCUT2D eigenvalue weighted by atomic mass is 9.98. The highest BCUT2D eigenvalue weighted by Crippen LogP contribution is 2.24. The highest BCUT2D eigenvalue weighted by atomic mass is 16.5. The summed E-state index contributed by atoms with van der Waals surface area (Å²) in [5.41, 5.74) is 7.21. The molecule has 0 saturated carbocycles. The molecule has 6 nitrogen and oxygen atoms in total. The van der Waals surface area contributed by atoms with E-state index in [4.69, 9.17) is 15.7 Å². The molecule has 1 aromatic heterocycles. The van der Waals surface area contributed by atoms with Crippen molar-refractivity contribution in [3.63, 3.8) is 0 Å². The number of rotatable bonds is 5. The molecule has 2 unspecified atom stereocenters. The third-order valence-electron chi connectivity index (χ3n) is 3.23. The van der Waals surface area contributed by atoms with Gasteiger partial charge in [0.1, 0.15) is 18.1 Å². The molecule has 0 amide bonds. The summed E-state index contributed by atoms with van der Waals surface area (Å²) in [6.07, 6.45) is 2.33. The zero-order valence-corrected chi connectivity index (χ0v) is 11.5. The smallest absolute Gasteiger partial charge is 0.252 e. The van der Waals surface area contributed by atoms with Crippen molar-refractivity contribution in [1.82, 2.24) is 14.8 Å². The number of methoxy groups -OCH3 is 1. The van der Waals surface area contributed by atoms with Crippen LogP contribution in [0.2, 0.25) is 0 Å². The predicted molar refractivity (Wildman–Crippen MR) is 74.1 cm³/mol.